The molecule has 1 rings (SSSR count). The van der Waals surface area contributed by atoms with E-state index in [1.807, 2.05) is 30.3 Å². The summed E-state index contributed by atoms with van der Waals surface area (Å²) in [5.74, 6) is 0.133. The highest BCUT2D eigenvalue weighted by molar-refractivity contribution is 5.75. The summed E-state index contributed by atoms with van der Waals surface area (Å²) in [5, 5.41) is 13.6. The fraction of sp³-hybridized carbons (Fsp3) is 0.125. The molecule has 0 bridgehead atoms. The molecule has 15 heavy (non-hydrogen) atoms. The fourth-order valence-corrected chi connectivity index (χ4v) is 0.766. The lowest BCUT2D eigenvalue weighted by molar-refractivity contribution is -0.742. The minimum absolute atomic E-state index is 0.133. The molecule has 1 aromatic rings. The van der Waals surface area contributed by atoms with Crippen molar-refractivity contribution in [3.8, 4) is 0 Å². The van der Waals surface area contributed by atoms with E-state index >= 15 is 0 Å². The van der Waals surface area contributed by atoms with Gasteiger partial charge in [0.05, 0.1) is 6.54 Å². The zero-order valence-electron chi connectivity index (χ0n) is 7.91. The predicted octanol–water partition coefficient (Wildman–Crippen LogP) is 0.112. The lowest BCUT2D eigenvalue weighted by Crippen LogP contribution is -2.22. The second-order valence-corrected chi connectivity index (χ2v) is 2.46. The van der Waals surface area contributed by atoms with Crippen molar-refractivity contribution in [2.24, 2.45) is 16.5 Å². The second kappa shape index (κ2) is 7.13. The third-order valence-corrected chi connectivity index (χ3v) is 1.29. The van der Waals surface area contributed by atoms with Gasteiger partial charge in [-0.1, -0.05) is 30.3 Å². The number of benzene rings is 1. The smallest absolute Gasteiger partial charge is 0.291 e. The molecular formula is C8H12N4O3. The molecule has 0 amide bonds. The molecule has 0 aliphatic heterocycles. The van der Waals surface area contributed by atoms with Crippen LogP contribution in [0.5, 0.6) is 0 Å². The van der Waals surface area contributed by atoms with Crippen LogP contribution in [0.15, 0.2) is 35.3 Å². The largest absolute Gasteiger partial charge is 0.370 e. The summed E-state index contributed by atoms with van der Waals surface area (Å²) in [7, 11) is 0. The number of aliphatic imine (C=N–C) groups is 1. The highest BCUT2D eigenvalue weighted by Crippen LogP contribution is 1.98. The molecule has 0 spiro atoms. The van der Waals surface area contributed by atoms with E-state index in [4.69, 9.17) is 26.8 Å². The van der Waals surface area contributed by atoms with Crippen LogP contribution in [0.4, 0.5) is 0 Å². The standard InChI is InChI=1S/C8H11N3.HNO3/c9-8(10)11-6-7-4-2-1-3-5-7;2-1(3)4/h1-5H,6H2,(H4,9,10,11);(H,2,3,4). The van der Waals surface area contributed by atoms with Crippen molar-refractivity contribution in [3.63, 3.8) is 0 Å². The van der Waals surface area contributed by atoms with Crippen molar-refractivity contribution >= 4 is 5.96 Å². The van der Waals surface area contributed by atoms with Gasteiger partial charge in [-0.25, -0.2) is 4.99 Å². The van der Waals surface area contributed by atoms with Gasteiger partial charge in [0.1, 0.15) is 0 Å². The number of hydrogen-bond acceptors (Lipinski definition) is 3. The molecule has 7 nitrogen and oxygen atoms in total. The normalized spacial score (nSPS) is 8.27. The maximum absolute atomic E-state index is 8.36. The molecule has 7 heteroatoms. The van der Waals surface area contributed by atoms with Crippen molar-refractivity contribution < 1.29 is 10.3 Å². The molecule has 0 heterocycles. The van der Waals surface area contributed by atoms with E-state index in [0.717, 1.165) is 5.56 Å². The molecule has 1 aromatic carbocycles. The van der Waals surface area contributed by atoms with Gasteiger partial charge in [0.25, 0.3) is 5.09 Å². The Morgan fingerprint density at radius 1 is 1.40 bits per heavy atom. The molecule has 0 unspecified atom stereocenters. The lowest BCUT2D eigenvalue weighted by atomic mass is 10.2. The molecule has 0 aromatic heterocycles. The quantitative estimate of drug-likeness (QED) is 0.277. The van der Waals surface area contributed by atoms with Gasteiger partial charge in [0.15, 0.2) is 5.96 Å². The third-order valence-electron chi connectivity index (χ3n) is 1.29. The Bertz CT molecular complexity index is 318. The minimum Gasteiger partial charge on any atom is -0.370 e. The van der Waals surface area contributed by atoms with Gasteiger partial charge in [-0.05, 0) is 5.56 Å². The van der Waals surface area contributed by atoms with Gasteiger partial charge in [-0.3, -0.25) is 0 Å². The average Bonchev–Trinajstić information content (AvgIpc) is 2.15. The van der Waals surface area contributed by atoms with Crippen molar-refractivity contribution in [3.05, 3.63) is 46.0 Å². The molecule has 0 saturated heterocycles. The van der Waals surface area contributed by atoms with E-state index in [2.05, 4.69) is 4.99 Å². The Hall–Kier alpha value is -2.31. The van der Waals surface area contributed by atoms with Gasteiger partial charge in [-0.2, -0.15) is 0 Å². The van der Waals surface area contributed by atoms with Gasteiger partial charge >= 0.3 is 0 Å². The van der Waals surface area contributed by atoms with Crippen LogP contribution in [0, 0.1) is 10.1 Å². The van der Waals surface area contributed by atoms with E-state index in [9.17, 15) is 0 Å². The Kier molecular flexibility index (Phi) is 6.03. The summed E-state index contributed by atoms with van der Waals surface area (Å²) >= 11 is 0. The van der Waals surface area contributed by atoms with Gasteiger partial charge < -0.3 is 16.7 Å². The van der Waals surface area contributed by atoms with Crippen molar-refractivity contribution in [2.75, 3.05) is 0 Å². The summed E-state index contributed by atoms with van der Waals surface area (Å²) in [5.41, 5.74) is 11.4. The van der Waals surface area contributed by atoms with E-state index < -0.39 is 5.09 Å². The highest BCUT2D eigenvalue weighted by Gasteiger charge is 1.86. The number of hydrogen-bond donors (Lipinski definition) is 3. The highest BCUT2D eigenvalue weighted by atomic mass is 16.9. The Balaban J connectivity index is 0.000000423. The maximum Gasteiger partial charge on any atom is 0.291 e. The van der Waals surface area contributed by atoms with Crippen molar-refractivity contribution in [1.82, 2.24) is 0 Å². The Labute approximate surface area is 86.1 Å². The predicted molar refractivity (Wildman–Crippen MR) is 54.7 cm³/mol. The first-order valence-corrected chi connectivity index (χ1v) is 3.95. The minimum atomic E-state index is -1.50. The first-order valence-electron chi connectivity index (χ1n) is 3.95. The molecule has 0 fully saturated rings. The third kappa shape index (κ3) is 9.61. The maximum atomic E-state index is 8.36. The summed E-state index contributed by atoms with van der Waals surface area (Å²) in [4.78, 5) is 12.2. The molecule has 5 N–H and O–H groups in total. The first-order chi connectivity index (χ1) is 7.02. The first kappa shape index (κ1) is 12.7. The van der Waals surface area contributed by atoms with E-state index in [1.54, 1.807) is 0 Å². The summed E-state index contributed by atoms with van der Waals surface area (Å²) in [6, 6.07) is 9.83. The molecule has 0 radical (unpaired) electrons. The number of nitrogens with zero attached hydrogens (tertiary/aromatic N) is 2. The van der Waals surface area contributed by atoms with Crippen molar-refractivity contribution in [2.45, 2.75) is 6.54 Å². The second-order valence-electron chi connectivity index (χ2n) is 2.46. The van der Waals surface area contributed by atoms with Crippen molar-refractivity contribution in [1.29, 1.82) is 0 Å². The number of nitrogens with two attached hydrogens (primary N) is 2. The van der Waals surface area contributed by atoms with Gasteiger partial charge in [0, 0.05) is 0 Å². The van der Waals surface area contributed by atoms with E-state index in [1.165, 1.54) is 0 Å². The summed E-state index contributed by atoms with van der Waals surface area (Å²) < 4.78 is 0. The van der Waals surface area contributed by atoms with E-state index in [-0.39, 0.29) is 5.96 Å². The van der Waals surface area contributed by atoms with Gasteiger partial charge in [0.2, 0.25) is 0 Å². The molecule has 82 valence electrons. The van der Waals surface area contributed by atoms with Gasteiger partial charge in [-0.15, -0.1) is 10.1 Å². The van der Waals surface area contributed by atoms with Crippen LogP contribution in [0.25, 0.3) is 0 Å². The number of guanidine groups is 1. The molecule has 0 aliphatic carbocycles. The lowest BCUT2D eigenvalue weighted by Gasteiger charge is -1.94. The Morgan fingerprint density at radius 2 is 1.87 bits per heavy atom. The van der Waals surface area contributed by atoms with Crippen LogP contribution in [0.3, 0.4) is 0 Å². The molecule has 0 aliphatic rings. The molecule has 0 saturated carbocycles. The zero-order chi connectivity index (χ0) is 11.7. The van der Waals surface area contributed by atoms with Crippen LogP contribution in [0.1, 0.15) is 5.56 Å². The average molecular weight is 212 g/mol. The van der Waals surface area contributed by atoms with Crippen LogP contribution in [-0.4, -0.2) is 16.3 Å². The Morgan fingerprint density at radius 3 is 2.27 bits per heavy atom. The topological polar surface area (TPSA) is 128 Å². The SMILES string of the molecule is NC(N)=NCc1ccccc1.O=[N+]([O-])O. The molecular weight excluding hydrogens is 200 g/mol. The van der Waals surface area contributed by atoms with Crippen LogP contribution in [0.2, 0.25) is 0 Å². The summed E-state index contributed by atoms with van der Waals surface area (Å²) in [6.45, 7) is 0.559. The number of rotatable bonds is 2. The monoisotopic (exact) mass is 212 g/mol. The van der Waals surface area contributed by atoms with Crippen LogP contribution < -0.4 is 11.5 Å². The van der Waals surface area contributed by atoms with Crippen LogP contribution >= 0.6 is 0 Å². The zero-order valence-corrected chi connectivity index (χ0v) is 7.91. The van der Waals surface area contributed by atoms with E-state index in [0.29, 0.717) is 6.54 Å². The summed E-state index contributed by atoms with van der Waals surface area (Å²) in [6.07, 6.45) is 0. The molecule has 0 atom stereocenters. The fourth-order valence-electron chi connectivity index (χ4n) is 0.766. The van der Waals surface area contributed by atoms with Crippen LogP contribution in [-0.2, 0) is 6.54 Å².